The lowest BCUT2D eigenvalue weighted by Gasteiger charge is -2.35. The molecule has 5 nitrogen and oxygen atoms in total. The van der Waals surface area contributed by atoms with Gasteiger partial charge in [0.1, 0.15) is 0 Å². The Balaban J connectivity index is 1.80. The average molecular weight is 239 g/mol. The van der Waals surface area contributed by atoms with Crippen LogP contribution in [0.4, 0.5) is 0 Å². The minimum Gasteiger partial charge on any atom is -0.395 e. The van der Waals surface area contributed by atoms with Crippen molar-refractivity contribution in [2.75, 3.05) is 39.3 Å². The van der Waals surface area contributed by atoms with Gasteiger partial charge in [0.25, 0.3) is 0 Å². The maximum Gasteiger partial charge on any atom is 0.229 e. The van der Waals surface area contributed by atoms with Gasteiger partial charge in [0.2, 0.25) is 5.91 Å². The standard InChI is InChI=1S/C12H21N3O2/c13-11-2-1-10(9-11)12(17)15-5-3-14(4-6-15)7-8-16/h1-2,10-11,16H,3-9,13H2. The van der Waals surface area contributed by atoms with Crippen molar-refractivity contribution in [1.82, 2.24) is 9.80 Å². The lowest BCUT2D eigenvalue weighted by Crippen LogP contribution is -2.50. The van der Waals surface area contributed by atoms with Crippen molar-refractivity contribution in [3.05, 3.63) is 12.2 Å². The number of piperazine rings is 1. The summed E-state index contributed by atoms with van der Waals surface area (Å²) in [6.07, 6.45) is 4.60. The summed E-state index contributed by atoms with van der Waals surface area (Å²) in [5.74, 6) is 0.187. The third-order valence-corrected chi connectivity index (χ3v) is 3.53. The molecule has 0 aromatic carbocycles. The van der Waals surface area contributed by atoms with Crippen LogP contribution in [0, 0.1) is 5.92 Å². The third-order valence-electron chi connectivity index (χ3n) is 3.53. The molecule has 0 bridgehead atoms. The van der Waals surface area contributed by atoms with Gasteiger partial charge in [0, 0.05) is 38.8 Å². The molecule has 0 aromatic rings. The van der Waals surface area contributed by atoms with E-state index < -0.39 is 0 Å². The molecule has 0 saturated carbocycles. The van der Waals surface area contributed by atoms with Crippen LogP contribution in [0.15, 0.2) is 12.2 Å². The number of β-amino-alcohol motifs (C(OH)–C–C–N with tert-alkyl or cyclic N) is 1. The van der Waals surface area contributed by atoms with Crippen molar-refractivity contribution in [3.63, 3.8) is 0 Å². The van der Waals surface area contributed by atoms with E-state index in [4.69, 9.17) is 10.8 Å². The number of rotatable bonds is 3. The van der Waals surface area contributed by atoms with E-state index in [1.165, 1.54) is 0 Å². The Morgan fingerprint density at radius 1 is 1.29 bits per heavy atom. The van der Waals surface area contributed by atoms with Crippen LogP contribution in [0.1, 0.15) is 6.42 Å². The zero-order valence-corrected chi connectivity index (χ0v) is 10.1. The second-order valence-electron chi connectivity index (χ2n) is 4.78. The predicted octanol–water partition coefficient (Wildman–Crippen LogP) is -0.974. The first-order valence-electron chi connectivity index (χ1n) is 6.26. The van der Waals surface area contributed by atoms with Gasteiger partial charge < -0.3 is 15.7 Å². The van der Waals surface area contributed by atoms with Gasteiger partial charge in [-0.2, -0.15) is 0 Å². The van der Waals surface area contributed by atoms with E-state index in [9.17, 15) is 4.79 Å². The topological polar surface area (TPSA) is 69.8 Å². The van der Waals surface area contributed by atoms with Crippen molar-refractivity contribution >= 4 is 5.91 Å². The smallest absolute Gasteiger partial charge is 0.229 e. The van der Waals surface area contributed by atoms with Crippen molar-refractivity contribution in [3.8, 4) is 0 Å². The van der Waals surface area contributed by atoms with Gasteiger partial charge in [-0.15, -0.1) is 0 Å². The van der Waals surface area contributed by atoms with Crippen molar-refractivity contribution in [2.45, 2.75) is 12.5 Å². The number of nitrogens with two attached hydrogens (primary N) is 1. The maximum atomic E-state index is 12.2. The van der Waals surface area contributed by atoms with E-state index in [1.807, 2.05) is 17.1 Å². The van der Waals surface area contributed by atoms with Crippen LogP contribution in [0.3, 0.4) is 0 Å². The monoisotopic (exact) mass is 239 g/mol. The fourth-order valence-electron chi connectivity index (χ4n) is 2.48. The largest absolute Gasteiger partial charge is 0.395 e. The highest BCUT2D eigenvalue weighted by Gasteiger charge is 2.28. The molecule has 1 fully saturated rings. The summed E-state index contributed by atoms with van der Waals surface area (Å²) in [5, 5.41) is 8.85. The molecule has 2 rings (SSSR count). The number of aliphatic hydroxyl groups excluding tert-OH is 1. The van der Waals surface area contributed by atoms with Crippen LogP contribution in [0.25, 0.3) is 0 Å². The molecule has 0 spiro atoms. The van der Waals surface area contributed by atoms with E-state index in [0.29, 0.717) is 6.54 Å². The molecule has 3 N–H and O–H groups in total. The third kappa shape index (κ3) is 3.06. The zero-order chi connectivity index (χ0) is 12.3. The summed E-state index contributed by atoms with van der Waals surface area (Å²) in [6.45, 7) is 4.13. The van der Waals surface area contributed by atoms with E-state index >= 15 is 0 Å². The number of amides is 1. The molecule has 1 amide bonds. The first-order valence-corrected chi connectivity index (χ1v) is 6.26. The highest BCUT2D eigenvalue weighted by Crippen LogP contribution is 2.19. The molecule has 0 radical (unpaired) electrons. The Hall–Kier alpha value is -0.910. The highest BCUT2D eigenvalue weighted by molar-refractivity contribution is 5.81. The molecular formula is C12H21N3O2. The van der Waals surface area contributed by atoms with E-state index in [0.717, 1.165) is 32.6 Å². The van der Waals surface area contributed by atoms with Crippen LogP contribution >= 0.6 is 0 Å². The summed E-state index contributed by atoms with van der Waals surface area (Å²) in [5.41, 5.74) is 5.76. The minimum absolute atomic E-state index is 0.0191. The summed E-state index contributed by atoms with van der Waals surface area (Å²) in [6, 6.07) is 0.0413. The lowest BCUT2D eigenvalue weighted by molar-refractivity contribution is -0.135. The SMILES string of the molecule is NC1C=CC(C(=O)N2CCN(CCO)CC2)C1. The fourth-order valence-corrected chi connectivity index (χ4v) is 2.48. The van der Waals surface area contributed by atoms with Gasteiger partial charge in [0.15, 0.2) is 0 Å². The minimum atomic E-state index is -0.0191. The molecule has 96 valence electrons. The van der Waals surface area contributed by atoms with Crippen LogP contribution in [-0.2, 0) is 4.79 Å². The summed E-state index contributed by atoms with van der Waals surface area (Å²) in [4.78, 5) is 16.3. The van der Waals surface area contributed by atoms with Gasteiger partial charge in [-0.3, -0.25) is 9.69 Å². The first kappa shape index (κ1) is 12.5. The van der Waals surface area contributed by atoms with Gasteiger partial charge in [-0.25, -0.2) is 0 Å². The maximum absolute atomic E-state index is 12.2. The Bertz CT molecular complexity index is 298. The van der Waals surface area contributed by atoms with Crippen molar-refractivity contribution < 1.29 is 9.90 Å². The van der Waals surface area contributed by atoms with Crippen LogP contribution in [0.5, 0.6) is 0 Å². The number of aliphatic hydroxyl groups is 1. The molecule has 1 aliphatic carbocycles. The molecule has 17 heavy (non-hydrogen) atoms. The summed E-state index contributed by atoms with van der Waals surface area (Å²) < 4.78 is 0. The quantitative estimate of drug-likeness (QED) is 0.622. The Kier molecular flexibility index (Phi) is 4.15. The molecule has 2 aliphatic rings. The Morgan fingerprint density at radius 3 is 2.53 bits per heavy atom. The normalized spacial score (nSPS) is 29.9. The van der Waals surface area contributed by atoms with Crippen LogP contribution in [0.2, 0.25) is 0 Å². The number of nitrogens with zero attached hydrogens (tertiary/aromatic N) is 2. The molecule has 2 atom stereocenters. The Labute approximate surface area is 102 Å². The summed E-state index contributed by atoms with van der Waals surface area (Å²) in [7, 11) is 0. The van der Waals surface area contributed by atoms with Gasteiger partial charge >= 0.3 is 0 Å². The molecule has 5 heteroatoms. The van der Waals surface area contributed by atoms with Crippen LogP contribution < -0.4 is 5.73 Å². The van der Waals surface area contributed by atoms with E-state index in [1.54, 1.807) is 0 Å². The van der Waals surface area contributed by atoms with Gasteiger partial charge in [0.05, 0.1) is 12.5 Å². The molecule has 1 heterocycles. The van der Waals surface area contributed by atoms with Gasteiger partial charge in [-0.05, 0) is 6.42 Å². The molecule has 1 saturated heterocycles. The predicted molar refractivity (Wildman–Crippen MR) is 65.3 cm³/mol. The zero-order valence-electron chi connectivity index (χ0n) is 10.1. The average Bonchev–Trinajstić information content (AvgIpc) is 2.76. The number of carbonyl (C=O) groups is 1. The van der Waals surface area contributed by atoms with Crippen molar-refractivity contribution in [1.29, 1.82) is 0 Å². The van der Waals surface area contributed by atoms with Crippen LogP contribution in [-0.4, -0.2) is 66.2 Å². The van der Waals surface area contributed by atoms with Crippen molar-refractivity contribution in [2.24, 2.45) is 11.7 Å². The van der Waals surface area contributed by atoms with Gasteiger partial charge in [-0.1, -0.05) is 12.2 Å². The highest BCUT2D eigenvalue weighted by atomic mass is 16.3. The number of hydrogen-bond donors (Lipinski definition) is 2. The lowest BCUT2D eigenvalue weighted by atomic mass is 10.1. The second-order valence-corrected chi connectivity index (χ2v) is 4.78. The molecule has 2 unspecified atom stereocenters. The van der Waals surface area contributed by atoms with E-state index in [2.05, 4.69) is 4.90 Å². The number of carbonyl (C=O) groups excluding carboxylic acids is 1. The molecule has 0 aromatic heterocycles. The second kappa shape index (κ2) is 5.62. The van der Waals surface area contributed by atoms with E-state index in [-0.39, 0.29) is 24.5 Å². The Morgan fingerprint density at radius 2 is 2.00 bits per heavy atom. The first-order chi connectivity index (χ1) is 8.20. The molecular weight excluding hydrogens is 218 g/mol. The number of hydrogen-bond acceptors (Lipinski definition) is 4. The summed E-state index contributed by atoms with van der Waals surface area (Å²) >= 11 is 0. The molecule has 1 aliphatic heterocycles. The fraction of sp³-hybridized carbons (Fsp3) is 0.750.